The molecule has 0 aliphatic rings. The second kappa shape index (κ2) is 11.7. The maximum atomic E-state index is 12.3. The molecule has 3 aromatic carbocycles. The number of carbonyl (C=O) groups is 2. The third kappa shape index (κ3) is 6.93. The van der Waals surface area contributed by atoms with E-state index in [1.54, 1.807) is 19.1 Å². The molecule has 2 amide bonds. The predicted molar refractivity (Wildman–Crippen MR) is 134 cm³/mol. The van der Waals surface area contributed by atoms with Gasteiger partial charge in [-0.2, -0.15) is 5.10 Å². The second-order valence-electron chi connectivity index (χ2n) is 7.92. The van der Waals surface area contributed by atoms with E-state index < -0.39 is 0 Å². The largest absolute Gasteiger partial charge is 0.483 e. The van der Waals surface area contributed by atoms with Gasteiger partial charge in [0, 0.05) is 5.69 Å². The van der Waals surface area contributed by atoms with Crippen LogP contribution in [0.2, 0.25) is 0 Å². The molecule has 0 fully saturated rings. The molecule has 7 heteroatoms. The molecule has 0 radical (unpaired) electrons. The van der Waals surface area contributed by atoms with Gasteiger partial charge in [0.25, 0.3) is 11.8 Å². The van der Waals surface area contributed by atoms with E-state index in [2.05, 4.69) is 15.8 Å². The van der Waals surface area contributed by atoms with Crippen molar-refractivity contribution < 1.29 is 19.1 Å². The van der Waals surface area contributed by atoms with E-state index >= 15 is 0 Å². The van der Waals surface area contributed by atoms with Crippen LogP contribution in [-0.2, 0) is 9.59 Å². The first kappa shape index (κ1) is 24.5. The van der Waals surface area contributed by atoms with Crippen molar-refractivity contribution in [3.05, 3.63) is 89.0 Å². The number of carbonyl (C=O) groups excluding carboxylic acids is 2. The fraction of sp³-hybridized carbons (Fsp3) is 0.222. The first-order valence-corrected chi connectivity index (χ1v) is 10.9. The lowest BCUT2D eigenvalue weighted by Crippen LogP contribution is -2.25. The van der Waals surface area contributed by atoms with Crippen molar-refractivity contribution in [2.24, 2.45) is 5.10 Å². The molecule has 0 spiro atoms. The minimum absolute atomic E-state index is 0.0788. The first-order valence-electron chi connectivity index (χ1n) is 10.9. The highest BCUT2D eigenvalue weighted by molar-refractivity contribution is 6.00. The normalized spacial score (nSPS) is 11.0. The van der Waals surface area contributed by atoms with Crippen molar-refractivity contribution in [3.8, 4) is 11.5 Å². The zero-order valence-electron chi connectivity index (χ0n) is 19.8. The number of rotatable bonds is 9. The van der Waals surface area contributed by atoms with Crippen LogP contribution < -0.4 is 20.2 Å². The van der Waals surface area contributed by atoms with Crippen LogP contribution in [0.25, 0.3) is 0 Å². The maximum Gasteiger partial charge on any atom is 0.277 e. The summed E-state index contributed by atoms with van der Waals surface area (Å²) in [5.41, 5.74) is 7.50. The van der Waals surface area contributed by atoms with E-state index in [1.165, 1.54) is 0 Å². The molecular formula is C27H29N3O4. The number of anilines is 1. The number of hydrogen-bond acceptors (Lipinski definition) is 5. The number of benzene rings is 3. The number of nitrogens with one attached hydrogen (secondary N) is 2. The molecule has 0 saturated carbocycles. The van der Waals surface area contributed by atoms with Gasteiger partial charge in [0.1, 0.15) is 11.5 Å². The molecule has 0 heterocycles. The number of amides is 2. The zero-order chi connectivity index (χ0) is 24.5. The van der Waals surface area contributed by atoms with Crippen LogP contribution in [0.3, 0.4) is 0 Å². The van der Waals surface area contributed by atoms with Gasteiger partial charge in [-0.05, 0) is 68.1 Å². The molecule has 0 unspecified atom stereocenters. The van der Waals surface area contributed by atoms with Crippen molar-refractivity contribution in [1.29, 1.82) is 0 Å². The summed E-state index contributed by atoms with van der Waals surface area (Å²) in [5, 5.41) is 6.94. The standard InChI is InChI=1S/C27H29N3O4/c1-18-8-5-6-11-24(18)33-17-26(32)30-29-21(4)22-12-14-23(15-13-22)28-25(31)16-34-27-19(2)9-7-10-20(27)3/h5-15H,16-17H2,1-4H3,(H,28,31)(H,30,32). The smallest absolute Gasteiger partial charge is 0.277 e. The van der Waals surface area contributed by atoms with Gasteiger partial charge < -0.3 is 14.8 Å². The number of ether oxygens (including phenoxy) is 2. The van der Waals surface area contributed by atoms with E-state index in [1.807, 2.05) is 75.4 Å². The summed E-state index contributed by atoms with van der Waals surface area (Å²) in [4.78, 5) is 24.3. The zero-order valence-corrected chi connectivity index (χ0v) is 19.8. The second-order valence-corrected chi connectivity index (χ2v) is 7.92. The van der Waals surface area contributed by atoms with Crippen molar-refractivity contribution >= 4 is 23.2 Å². The van der Waals surface area contributed by atoms with Crippen LogP contribution >= 0.6 is 0 Å². The molecule has 0 bridgehead atoms. The molecule has 3 rings (SSSR count). The van der Waals surface area contributed by atoms with Gasteiger partial charge in [-0.3, -0.25) is 9.59 Å². The fourth-order valence-corrected chi connectivity index (χ4v) is 3.26. The lowest BCUT2D eigenvalue weighted by atomic mass is 10.1. The van der Waals surface area contributed by atoms with Gasteiger partial charge in [-0.15, -0.1) is 0 Å². The summed E-state index contributed by atoms with van der Waals surface area (Å²) in [7, 11) is 0. The summed E-state index contributed by atoms with van der Waals surface area (Å²) in [5.74, 6) is 0.790. The Morgan fingerprint density at radius 1 is 0.765 bits per heavy atom. The van der Waals surface area contributed by atoms with Gasteiger partial charge >= 0.3 is 0 Å². The van der Waals surface area contributed by atoms with Crippen molar-refractivity contribution in [1.82, 2.24) is 5.43 Å². The van der Waals surface area contributed by atoms with Gasteiger partial charge in [0.15, 0.2) is 13.2 Å². The highest BCUT2D eigenvalue weighted by atomic mass is 16.5. The van der Waals surface area contributed by atoms with Crippen LogP contribution in [0.1, 0.15) is 29.2 Å². The average molecular weight is 460 g/mol. The molecule has 0 aromatic heterocycles. The Labute approximate surface area is 199 Å². The summed E-state index contributed by atoms with van der Waals surface area (Å²) < 4.78 is 11.2. The summed E-state index contributed by atoms with van der Waals surface area (Å²) >= 11 is 0. The number of hydrazone groups is 1. The van der Waals surface area contributed by atoms with Crippen LogP contribution in [0.4, 0.5) is 5.69 Å². The summed E-state index contributed by atoms with van der Waals surface area (Å²) in [6.07, 6.45) is 0. The van der Waals surface area contributed by atoms with Gasteiger partial charge in [-0.25, -0.2) is 5.43 Å². The number of nitrogens with zero attached hydrogens (tertiary/aromatic N) is 1. The van der Waals surface area contributed by atoms with E-state index in [0.717, 1.165) is 28.0 Å². The number of aryl methyl sites for hydroxylation is 3. The highest BCUT2D eigenvalue weighted by Gasteiger charge is 2.09. The Morgan fingerprint density at radius 3 is 2.06 bits per heavy atom. The monoisotopic (exact) mass is 459 g/mol. The first-order chi connectivity index (χ1) is 16.3. The molecule has 0 aliphatic carbocycles. The average Bonchev–Trinajstić information content (AvgIpc) is 2.82. The Balaban J connectivity index is 1.48. The Kier molecular flexibility index (Phi) is 8.40. The van der Waals surface area contributed by atoms with Gasteiger partial charge in [0.05, 0.1) is 5.71 Å². The van der Waals surface area contributed by atoms with Gasteiger partial charge in [-0.1, -0.05) is 48.5 Å². The van der Waals surface area contributed by atoms with Crippen molar-refractivity contribution in [3.63, 3.8) is 0 Å². The van der Waals surface area contributed by atoms with Crippen LogP contribution in [0.15, 0.2) is 71.8 Å². The van der Waals surface area contributed by atoms with Crippen molar-refractivity contribution in [2.75, 3.05) is 18.5 Å². The summed E-state index contributed by atoms with van der Waals surface area (Å²) in [6, 6.07) is 20.5. The number of para-hydroxylation sites is 2. The lowest BCUT2D eigenvalue weighted by Gasteiger charge is -2.12. The minimum atomic E-state index is -0.352. The third-order valence-corrected chi connectivity index (χ3v) is 5.14. The fourth-order valence-electron chi connectivity index (χ4n) is 3.26. The van der Waals surface area contributed by atoms with Crippen LogP contribution in [0.5, 0.6) is 11.5 Å². The molecule has 0 atom stereocenters. The third-order valence-electron chi connectivity index (χ3n) is 5.14. The molecule has 2 N–H and O–H groups in total. The molecule has 0 aliphatic heterocycles. The van der Waals surface area contributed by atoms with E-state index in [0.29, 0.717) is 17.1 Å². The van der Waals surface area contributed by atoms with Crippen LogP contribution in [0, 0.1) is 20.8 Å². The summed E-state index contributed by atoms with van der Waals surface area (Å²) in [6.45, 7) is 7.39. The molecule has 176 valence electrons. The molecular weight excluding hydrogens is 430 g/mol. The lowest BCUT2D eigenvalue weighted by molar-refractivity contribution is -0.123. The highest BCUT2D eigenvalue weighted by Crippen LogP contribution is 2.22. The van der Waals surface area contributed by atoms with Crippen LogP contribution in [-0.4, -0.2) is 30.7 Å². The molecule has 34 heavy (non-hydrogen) atoms. The number of hydrogen-bond donors (Lipinski definition) is 2. The molecule has 0 saturated heterocycles. The predicted octanol–water partition coefficient (Wildman–Crippen LogP) is 4.55. The molecule has 3 aromatic rings. The minimum Gasteiger partial charge on any atom is -0.483 e. The van der Waals surface area contributed by atoms with E-state index in [-0.39, 0.29) is 25.0 Å². The van der Waals surface area contributed by atoms with E-state index in [4.69, 9.17) is 9.47 Å². The van der Waals surface area contributed by atoms with Gasteiger partial charge in [0.2, 0.25) is 0 Å². The van der Waals surface area contributed by atoms with Crippen molar-refractivity contribution in [2.45, 2.75) is 27.7 Å². The topological polar surface area (TPSA) is 89.0 Å². The van der Waals surface area contributed by atoms with E-state index in [9.17, 15) is 9.59 Å². The SMILES string of the molecule is CC(=NNC(=O)COc1ccccc1C)c1ccc(NC(=O)COc2c(C)cccc2C)cc1. The quantitative estimate of drug-likeness (QED) is 0.363. The molecule has 7 nitrogen and oxygen atoms in total. The Bertz CT molecular complexity index is 1170. The Hall–Kier alpha value is -4.13. The maximum absolute atomic E-state index is 12.3. The Morgan fingerprint density at radius 2 is 1.38 bits per heavy atom.